The fourth-order valence-corrected chi connectivity index (χ4v) is 1.76. The highest BCUT2D eigenvalue weighted by atomic mass is 16.1. The molecule has 2 nitrogen and oxygen atoms in total. The summed E-state index contributed by atoms with van der Waals surface area (Å²) in [4.78, 5) is 11.6. The van der Waals surface area contributed by atoms with Crippen molar-refractivity contribution in [2.24, 2.45) is 0 Å². The van der Waals surface area contributed by atoms with Gasteiger partial charge in [0.25, 0.3) is 0 Å². The van der Waals surface area contributed by atoms with Crippen LogP contribution in [-0.4, -0.2) is 11.9 Å². The molecule has 0 unspecified atom stereocenters. The van der Waals surface area contributed by atoms with Gasteiger partial charge in [0.05, 0.1) is 6.42 Å². The first-order chi connectivity index (χ1) is 8.11. The minimum Gasteiger partial charge on any atom is -0.354 e. The third-order valence-corrected chi connectivity index (χ3v) is 2.66. The zero-order chi connectivity index (χ0) is 12.7. The van der Waals surface area contributed by atoms with Gasteiger partial charge in [-0.15, -0.1) is 0 Å². The van der Waals surface area contributed by atoms with E-state index >= 15 is 0 Å². The molecule has 0 radical (unpaired) electrons. The minimum absolute atomic E-state index is 0.0984. The van der Waals surface area contributed by atoms with E-state index in [0.717, 1.165) is 12.0 Å². The number of rotatable bonds is 6. The zero-order valence-electron chi connectivity index (χ0n) is 11.1. The smallest absolute Gasteiger partial charge is 0.224 e. The molecule has 1 amide bonds. The van der Waals surface area contributed by atoms with Crippen molar-refractivity contribution in [2.75, 3.05) is 0 Å². The molecule has 0 bridgehead atoms. The highest BCUT2D eigenvalue weighted by Crippen LogP contribution is 2.08. The van der Waals surface area contributed by atoms with Gasteiger partial charge < -0.3 is 5.32 Å². The van der Waals surface area contributed by atoms with Crippen LogP contribution in [0.25, 0.3) is 0 Å². The van der Waals surface area contributed by atoms with Crippen LogP contribution in [0.3, 0.4) is 0 Å². The van der Waals surface area contributed by atoms with E-state index in [-0.39, 0.29) is 11.9 Å². The minimum atomic E-state index is 0.0984. The summed E-state index contributed by atoms with van der Waals surface area (Å²) in [6, 6.07) is 8.60. The monoisotopic (exact) mass is 233 g/mol. The SMILES string of the molecule is CCCCc1ccc(CC(=O)NC(C)C)cc1. The molecule has 0 heterocycles. The maximum atomic E-state index is 11.6. The van der Waals surface area contributed by atoms with Crippen LogP contribution in [0, 0.1) is 0 Å². The Kier molecular flexibility index (Phi) is 5.75. The lowest BCUT2D eigenvalue weighted by atomic mass is 10.0. The van der Waals surface area contributed by atoms with Crippen LogP contribution in [0.4, 0.5) is 0 Å². The zero-order valence-corrected chi connectivity index (χ0v) is 11.1. The van der Waals surface area contributed by atoms with E-state index in [1.807, 2.05) is 13.8 Å². The summed E-state index contributed by atoms with van der Waals surface area (Å²) in [5, 5.41) is 2.90. The number of carbonyl (C=O) groups excluding carboxylic acids is 1. The first kappa shape index (κ1) is 13.8. The lowest BCUT2D eigenvalue weighted by molar-refractivity contribution is -0.120. The molecule has 1 aromatic carbocycles. The molecule has 0 aliphatic heterocycles. The fourth-order valence-electron chi connectivity index (χ4n) is 1.76. The number of hydrogen-bond acceptors (Lipinski definition) is 1. The normalized spacial score (nSPS) is 10.6. The summed E-state index contributed by atoms with van der Waals surface area (Å²) in [7, 11) is 0. The molecule has 1 N–H and O–H groups in total. The number of aryl methyl sites for hydroxylation is 1. The Bertz CT molecular complexity index is 340. The number of benzene rings is 1. The molecule has 0 atom stereocenters. The summed E-state index contributed by atoms with van der Waals surface area (Å²) in [5.74, 6) is 0.0984. The van der Waals surface area contributed by atoms with Gasteiger partial charge in [0.15, 0.2) is 0 Å². The van der Waals surface area contributed by atoms with Gasteiger partial charge >= 0.3 is 0 Å². The van der Waals surface area contributed by atoms with Gasteiger partial charge in [-0.2, -0.15) is 0 Å². The van der Waals surface area contributed by atoms with Gasteiger partial charge in [-0.25, -0.2) is 0 Å². The van der Waals surface area contributed by atoms with Gasteiger partial charge in [-0.05, 0) is 37.8 Å². The third-order valence-electron chi connectivity index (χ3n) is 2.66. The molecule has 2 heteroatoms. The maximum Gasteiger partial charge on any atom is 0.224 e. The molecule has 94 valence electrons. The van der Waals surface area contributed by atoms with Crippen LogP contribution >= 0.6 is 0 Å². The van der Waals surface area contributed by atoms with Crippen LogP contribution in [0.15, 0.2) is 24.3 Å². The Balaban J connectivity index is 2.47. The van der Waals surface area contributed by atoms with Crippen molar-refractivity contribution in [3.05, 3.63) is 35.4 Å². The fraction of sp³-hybridized carbons (Fsp3) is 0.533. The van der Waals surface area contributed by atoms with E-state index in [0.29, 0.717) is 6.42 Å². The van der Waals surface area contributed by atoms with E-state index in [9.17, 15) is 4.79 Å². The molecular weight excluding hydrogens is 210 g/mol. The summed E-state index contributed by atoms with van der Waals surface area (Å²) in [6.45, 7) is 6.15. The predicted molar refractivity (Wildman–Crippen MR) is 72.0 cm³/mol. The second kappa shape index (κ2) is 7.10. The largest absolute Gasteiger partial charge is 0.354 e. The molecule has 0 spiro atoms. The van der Waals surface area contributed by atoms with Crippen molar-refractivity contribution in [2.45, 2.75) is 52.5 Å². The van der Waals surface area contributed by atoms with Crippen molar-refractivity contribution in [3.63, 3.8) is 0 Å². The second-order valence-electron chi connectivity index (χ2n) is 4.82. The van der Waals surface area contributed by atoms with Crippen LogP contribution in [-0.2, 0) is 17.6 Å². The molecule has 0 fully saturated rings. The van der Waals surface area contributed by atoms with Gasteiger partial charge in [0.1, 0.15) is 0 Å². The van der Waals surface area contributed by atoms with E-state index in [2.05, 4.69) is 36.5 Å². The van der Waals surface area contributed by atoms with Crippen LogP contribution in [0.2, 0.25) is 0 Å². The predicted octanol–water partition coefficient (Wildman–Crippen LogP) is 3.10. The van der Waals surface area contributed by atoms with Crippen molar-refractivity contribution < 1.29 is 4.79 Å². The first-order valence-electron chi connectivity index (χ1n) is 6.49. The van der Waals surface area contributed by atoms with Crippen molar-refractivity contribution in [3.8, 4) is 0 Å². The number of carbonyl (C=O) groups is 1. The van der Waals surface area contributed by atoms with E-state index in [1.165, 1.54) is 18.4 Å². The van der Waals surface area contributed by atoms with E-state index in [1.54, 1.807) is 0 Å². The molecule has 0 saturated heterocycles. The molecule has 17 heavy (non-hydrogen) atoms. The summed E-state index contributed by atoms with van der Waals surface area (Å²) in [6.07, 6.45) is 4.06. The van der Waals surface area contributed by atoms with Gasteiger partial charge in [-0.3, -0.25) is 4.79 Å². The van der Waals surface area contributed by atoms with Crippen molar-refractivity contribution in [1.29, 1.82) is 0 Å². The summed E-state index contributed by atoms with van der Waals surface area (Å²) in [5.41, 5.74) is 2.45. The summed E-state index contributed by atoms with van der Waals surface area (Å²) >= 11 is 0. The van der Waals surface area contributed by atoms with E-state index in [4.69, 9.17) is 0 Å². The molecular formula is C15H23NO. The second-order valence-corrected chi connectivity index (χ2v) is 4.82. The molecule has 0 aromatic heterocycles. The Hall–Kier alpha value is -1.31. The van der Waals surface area contributed by atoms with Crippen LogP contribution in [0.1, 0.15) is 44.7 Å². The maximum absolute atomic E-state index is 11.6. The Morgan fingerprint density at radius 2 is 1.76 bits per heavy atom. The van der Waals surface area contributed by atoms with E-state index < -0.39 is 0 Å². The molecule has 1 rings (SSSR count). The molecule has 0 saturated carbocycles. The average molecular weight is 233 g/mol. The Morgan fingerprint density at radius 1 is 1.18 bits per heavy atom. The molecule has 0 aliphatic rings. The standard InChI is InChI=1S/C15H23NO/c1-4-5-6-13-7-9-14(10-8-13)11-15(17)16-12(2)3/h7-10,12H,4-6,11H2,1-3H3,(H,16,17). The third kappa shape index (κ3) is 5.53. The van der Waals surface area contributed by atoms with Crippen molar-refractivity contribution >= 4 is 5.91 Å². The molecule has 1 aromatic rings. The quantitative estimate of drug-likeness (QED) is 0.803. The van der Waals surface area contributed by atoms with Crippen molar-refractivity contribution in [1.82, 2.24) is 5.32 Å². The number of amides is 1. The lowest BCUT2D eigenvalue weighted by Crippen LogP contribution is -2.31. The lowest BCUT2D eigenvalue weighted by Gasteiger charge is -2.08. The Morgan fingerprint density at radius 3 is 2.29 bits per heavy atom. The van der Waals surface area contributed by atoms with Gasteiger partial charge in [0.2, 0.25) is 5.91 Å². The Labute approximate surface area is 104 Å². The number of unbranched alkanes of at least 4 members (excludes halogenated alkanes) is 1. The first-order valence-corrected chi connectivity index (χ1v) is 6.49. The number of hydrogen-bond donors (Lipinski definition) is 1. The highest BCUT2D eigenvalue weighted by molar-refractivity contribution is 5.78. The van der Waals surface area contributed by atoms with Crippen LogP contribution < -0.4 is 5.32 Å². The summed E-state index contributed by atoms with van der Waals surface area (Å²) < 4.78 is 0. The topological polar surface area (TPSA) is 29.1 Å². The van der Waals surface area contributed by atoms with Gasteiger partial charge in [0, 0.05) is 6.04 Å². The van der Waals surface area contributed by atoms with Gasteiger partial charge in [-0.1, -0.05) is 37.6 Å². The number of nitrogens with one attached hydrogen (secondary N) is 1. The van der Waals surface area contributed by atoms with Crippen LogP contribution in [0.5, 0.6) is 0 Å². The highest BCUT2D eigenvalue weighted by Gasteiger charge is 2.04. The molecule has 0 aliphatic carbocycles. The average Bonchev–Trinajstić information content (AvgIpc) is 2.27.